The van der Waals surface area contributed by atoms with Crippen LogP contribution >= 0.6 is 0 Å². The minimum atomic E-state index is -0.424. The van der Waals surface area contributed by atoms with Crippen molar-refractivity contribution in [3.05, 3.63) is 65.5 Å². The molecule has 0 spiro atoms. The van der Waals surface area contributed by atoms with Crippen LogP contribution in [0.4, 0.5) is 5.69 Å². The summed E-state index contributed by atoms with van der Waals surface area (Å²) in [6.45, 7) is 23.2. The zero-order valence-corrected chi connectivity index (χ0v) is 46.7. The summed E-state index contributed by atoms with van der Waals surface area (Å²) in [5.41, 5.74) is 14.9. The smallest absolute Gasteiger partial charge is 0.293 e. The van der Waals surface area contributed by atoms with Crippen LogP contribution < -0.4 is 25.8 Å². The number of hydrazine groups is 1. The fourth-order valence-corrected chi connectivity index (χ4v) is 12.2. The fraction of sp³-hybridized carbons (Fsp3) is 0.617. The van der Waals surface area contributed by atoms with Gasteiger partial charge < -0.3 is 38.6 Å². The van der Waals surface area contributed by atoms with E-state index < -0.39 is 11.5 Å². The molecule has 8 heterocycles. The van der Waals surface area contributed by atoms with Crippen molar-refractivity contribution in [2.75, 3.05) is 90.7 Å². The second kappa shape index (κ2) is 23.9. The minimum absolute atomic E-state index is 0.0359. The van der Waals surface area contributed by atoms with Crippen LogP contribution in [0, 0.1) is 28.6 Å². The summed E-state index contributed by atoms with van der Waals surface area (Å²) in [7, 11) is 1.74. The monoisotopic (exact) mass is 1060 g/mol. The first-order chi connectivity index (χ1) is 37.2. The maximum Gasteiger partial charge on any atom is 0.293 e. The van der Waals surface area contributed by atoms with E-state index in [4.69, 9.17) is 23.9 Å². The van der Waals surface area contributed by atoms with Gasteiger partial charge in [0.2, 0.25) is 5.91 Å². The summed E-state index contributed by atoms with van der Waals surface area (Å²) >= 11 is 0. The Labute approximate surface area is 455 Å². The van der Waals surface area contributed by atoms with Gasteiger partial charge in [-0.1, -0.05) is 39.8 Å². The molecule has 2 bridgehead atoms. The molecule has 77 heavy (non-hydrogen) atoms. The number of fused-ring (bicyclic) bond motifs is 4. The Morgan fingerprint density at radius 1 is 0.948 bits per heavy atom. The number of aromatic nitrogens is 2. The van der Waals surface area contributed by atoms with Crippen molar-refractivity contribution in [2.24, 2.45) is 23.2 Å². The van der Waals surface area contributed by atoms with Crippen molar-refractivity contribution in [1.29, 1.82) is 5.41 Å². The predicted octanol–water partition coefficient (Wildman–Crippen LogP) is 6.99. The molecule has 2 aromatic carbocycles. The number of rotatable bonds is 15. The lowest BCUT2D eigenvalue weighted by molar-refractivity contribution is -0.133. The maximum atomic E-state index is 13.6. The zero-order chi connectivity index (χ0) is 54.0. The van der Waals surface area contributed by atoms with Crippen molar-refractivity contribution in [3.8, 4) is 28.1 Å². The lowest BCUT2D eigenvalue weighted by Crippen LogP contribution is -2.47. The Bertz CT molecular complexity index is 2740. The largest absolute Gasteiger partial charge is 0.491 e. The first kappa shape index (κ1) is 54.9. The molecule has 2 amide bonds. The Morgan fingerprint density at radius 2 is 1.69 bits per heavy atom. The number of ether oxygens (including phenoxy) is 4. The molecule has 5 atom stereocenters. The van der Waals surface area contributed by atoms with Crippen LogP contribution in [0.2, 0.25) is 0 Å². The fourth-order valence-electron chi connectivity index (χ4n) is 12.2. The number of anilines is 1. The summed E-state index contributed by atoms with van der Waals surface area (Å²) in [5, 5.41) is 13.6. The van der Waals surface area contributed by atoms with Crippen LogP contribution in [0.5, 0.6) is 5.75 Å². The number of hydrogen-bond acceptors (Lipinski definition) is 14. The third kappa shape index (κ3) is 12.6. The topological polar surface area (TPSA) is 189 Å². The molecule has 5 saturated heterocycles. The first-order valence-electron chi connectivity index (χ1n) is 28.8. The highest BCUT2D eigenvalue weighted by Crippen LogP contribution is 2.44. The van der Waals surface area contributed by atoms with Crippen LogP contribution in [-0.2, 0) is 48.0 Å². The number of nitrogens with zero attached hydrogens (tertiary/aromatic N) is 6. The molecule has 4 aromatic rings. The molecule has 4 unspecified atom stereocenters. The van der Waals surface area contributed by atoms with Gasteiger partial charge in [-0.25, -0.2) is 0 Å². The van der Waals surface area contributed by atoms with E-state index in [1.54, 1.807) is 12.0 Å². The van der Waals surface area contributed by atoms with Gasteiger partial charge in [0.1, 0.15) is 24.2 Å². The average molecular weight is 1060 g/mol. The SMILES string of the molecule is C1CCNNC1.CCn1c(-c2cc(N3CCN(C4CC4)CC3)cnc2C(C)OC)c(CC(C)(C)COC=O)c2cc(-c3cc4cc(c3)OCC(C3CCN(C(=O)C5CN5)CC3)OC[C@@H](C(C)C)C(=N)N3C(=O)C3C4)ccc21. The molecule has 416 valence electrons. The van der Waals surface area contributed by atoms with Crippen LogP contribution in [-0.4, -0.2) is 158 Å². The molecule has 4 N–H and O–H groups in total. The molecule has 2 aromatic heterocycles. The highest BCUT2D eigenvalue weighted by atomic mass is 16.5. The highest BCUT2D eigenvalue weighted by Gasteiger charge is 2.50. The third-order valence-electron chi connectivity index (χ3n) is 17.2. The number of amides is 2. The van der Waals surface area contributed by atoms with Crippen LogP contribution in [0.25, 0.3) is 33.3 Å². The minimum Gasteiger partial charge on any atom is -0.491 e. The van der Waals surface area contributed by atoms with Crippen LogP contribution in [0.15, 0.2) is 48.7 Å². The number of amidine groups is 1. The molecule has 17 heteroatoms. The molecule has 11 rings (SSSR count). The number of likely N-dealkylation sites (tertiary alicyclic amines) is 1. The lowest BCUT2D eigenvalue weighted by Gasteiger charge is -2.36. The zero-order valence-electron chi connectivity index (χ0n) is 46.7. The number of nitrogens with one attached hydrogen (secondary N) is 4. The van der Waals surface area contributed by atoms with E-state index in [0.717, 1.165) is 120 Å². The standard InChI is InChI=1S/C56H74N8O7.C4H10N2/c1-8-63-48-12-9-38(25-43(48)45(27-56(5,6)32-69-33-65)52(63)44-26-41(28-59-51(44)35(4)68-7)61-19-17-60(18-20-61)40-10-11-40)39-21-36-22-42(24-39)70-31-50(37-13-15-62(16-14-37)54(66)47-29-58-47)71-30-46(34(2)3)53(57)64-49(23-36)55(64)67;1-2-4-6-5-3-1/h9,12,21-22,24-26,28,33-35,37,40,46-47,49-50,57-58H,8,10-11,13-20,23,27,29-32H2,1-7H3;5-6H,1-4H2/t35?,46-,47?,49?,50?,64?;/m0./s1. The number of methoxy groups -OCH3 is 1. The van der Waals surface area contributed by atoms with Crippen LogP contribution in [0.3, 0.4) is 0 Å². The van der Waals surface area contributed by atoms with Gasteiger partial charge in [0.05, 0.1) is 54.7 Å². The van der Waals surface area contributed by atoms with Gasteiger partial charge in [0.15, 0.2) is 0 Å². The van der Waals surface area contributed by atoms with E-state index in [2.05, 4.69) is 108 Å². The number of carbonyl (C=O) groups is 3. The quantitative estimate of drug-likeness (QED) is 0.0706. The van der Waals surface area contributed by atoms with Gasteiger partial charge in [-0.3, -0.25) is 45.4 Å². The number of hydrogen-bond donors (Lipinski definition) is 4. The molecule has 6 fully saturated rings. The summed E-state index contributed by atoms with van der Waals surface area (Å²) in [6.07, 6.45) is 9.43. The first-order valence-corrected chi connectivity index (χ1v) is 28.8. The van der Waals surface area contributed by atoms with E-state index in [0.29, 0.717) is 63.7 Å². The Kier molecular flexibility index (Phi) is 17.0. The van der Waals surface area contributed by atoms with Gasteiger partial charge in [-0.2, -0.15) is 0 Å². The highest BCUT2D eigenvalue weighted by molar-refractivity contribution is 6.13. The van der Waals surface area contributed by atoms with Gasteiger partial charge >= 0.3 is 0 Å². The second-order valence-corrected chi connectivity index (χ2v) is 23.7. The van der Waals surface area contributed by atoms with E-state index >= 15 is 0 Å². The molecular formula is C60H84N10O7. The average Bonchev–Trinajstić information content (AvgIpc) is 4.51. The Morgan fingerprint density at radius 3 is 2.32 bits per heavy atom. The Hall–Kier alpha value is -5.43. The van der Waals surface area contributed by atoms with E-state index in [1.807, 2.05) is 17.2 Å². The number of benzene rings is 2. The van der Waals surface area contributed by atoms with Gasteiger partial charge in [-0.05, 0) is 123 Å². The molecular weight excluding hydrogens is 973 g/mol. The molecule has 1 saturated carbocycles. The molecule has 17 nitrogen and oxygen atoms in total. The van der Waals surface area contributed by atoms with Gasteiger partial charge in [0, 0.05) is 113 Å². The summed E-state index contributed by atoms with van der Waals surface area (Å²) in [6, 6.07) is 15.6. The van der Waals surface area contributed by atoms with Crippen molar-refractivity contribution >= 4 is 40.7 Å². The summed E-state index contributed by atoms with van der Waals surface area (Å²) in [5.74, 6) is 1.17. The number of aryl methyl sites for hydroxylation is 1. The third-order valence-corrected chi connectivity index (χ3v) is 17.2. The van der Waals surface area contributed by atoms with Crippen molar-refractivity contribution in [2.45, 2.75) is 130 Å². The maximum absolute atomic E-state index is 13.6. The summed E-state index contributed by atoms with van der Waals surface area (Å²) in [4.78, 5) is 52.1. The van der Waals surface area contributed by atoms with Gasteiger partial charge in [-0.15, -0.1) is 0 Å². The number of piperidine rings is 1. The molecule has 7 aliphatic rings. The Balaban J connectivity index is 0.00000105. The van der Waals surface area contributed by atoms with Crippen molar-refractivity contribution < 1.29 is 33.3 Å². The van der Waals surface area contributed by atoms with E-state index in [1.165, 1.54) is 25.7 Å². The van der Waals surface area contributed by atoms with Crippen molar-refractivity contribution in [1.82, 2.24) is 40.4 Å². The molecule has 0 radical (unpaired) electrons. The summed E-state index contributed by atoms with van der Waals surface area (Å²) < 4.78 is 27.5. The van der Waals surface area contributed by atoms with Crippen molar-refractivity contribution in [3.63, 3.8) is 0 Å². The molecule has 1 aliphatic carbocycles. The second-order valence-electron chi connectivity index (χ2n) is 23.7. The van der Waals surface area contributed by atoms with E-state index in [-0.39, 0.29) is 54.4 Å². The number of pyridine rings is 1. The van der Waals surface area contributed by atoms with Gasteiger partial charge in [0.25, 0.3) is 12.4 Å². The lowest BCUT2D eigenvalue weighted by atomic mass is 9.84. The number of carbonyl (C=O) groups excluding carboxylic acids is 3. The normalized spacial score (nSPS) is 24.0. The van der Waals surface area contributed by atoms with Crippen LogP contribution in [0.1, 0.15) is 103 Å². The molecule has 6 aliphatic heterocycles. The predicted molar refractivity (Wildman–Crippen MR) is 300 cm³/mol. The number of piperazine rings is 1. The van der Waals surface area contributed by atoms with E-state index in [9.17, 15) is 19.8 Å².